The summed E-state index contributed by atoms with van der Waals surface area (Å²) < 4.78 is 10.7. The largest absolute Gasteiger partial charge is 0.462 e. The molecule has 1 atom stereocenters. The number of aliphatic hydroxyl groups excluding tert-OH is 1. The lowest BCUT2D eigenvalue weighted by molar-refractivity contribution is -0.161. The van der Waals surface area contributed by atoms with Crippen LogP contribution in [0.4, 0.5) is 0 Å². The van der Waals surface area contributed by atoms with Crippen LogP contribution in [-0.4, -0.2) is 36.4 Å². The molecule has 5 nitrogen and oxygen atoms in total. The number of carbonyl (C=O) groups is 2. The van der Waals surface area contributed by atoms with Gasteiger partial charge < -0.3 is 14.6 Å². The van der Waals surface area contributed by atoms with Crippen LogP contribution in [0.25, 0.3) is 0 Å². The average Bonchev–Trinajstić information content (AvgIpc) is 3.65. The van der Waals surface area contributed by atoms with E-state index in [4.69, 9.17) is 9.47 Å². The highest BCUT2D eigenvalue weighted by Crippen LogP contribution is 2.14. The van der Waals surface area contributed by atoms with Gasteiger partial charge in [0, 0.05) is 12.8 Å². The Morgan fingerprint density at radius 3 is 0.660 bits per heavy atom. The zero-order valence-electron chi connectivity index (χ0n) is 59.3. The number of allylic oxidation sites excluding steroid dienone is 44. The van der Waals surface area contributed by atoms with Crippen molar-refractivity contribution in [3.05, 3.63) is 267 Å². The van der Waals surface area contributed by atoms with Crippen LogP contribution in [0.1, 0.15) is 258 Å². The van der Waals surface area contributed by atoms with Crippen LogP contribution in [0.5, 0.6) is 0 Å². The fourth-order valence-electron chi connectivity index (χ4n) is 9.09. The molecule has 0 aromatic heterocycles. The number of unbranched alkanes of at least 4 members (excludes halogenated alkanes) is 12. The molecule has 0 bridgehead atoms. The van der Waals surface area contributed by atoms with Gasteiger partial charge in [0.1, 0.15) is 6.61 Å². The van der Waals surface area contributed by atoms with Crippen molar-refractivity contribution >= 4 is 11.9 Å². The van der Waals surface area contributed by atoms with E-state index in [1.807, 2.05) is 0 Å². The number of hydrogen-bond acceptors (Lipinski definition) is 5. The third kappa shape index (κ3) is 77.6. The number of rotatable bonds is 64. The summed E-state index contributed by atoms with van der Waals surface area (Å²) in [5.74, 6) is -0.666. The minimum absolute atomic E-state index is 0.104. The Balaban J connectivity index is 3.69. The van der Waals surface area contributed by atoms with Gasteiger partial charge in [-0.3, -0.25) is 9.59 Å². The number of aliphatic hydroxyl groups is 1. The minimum Gasteiger partial charge on any atom is -0.462 e. The van der Waals surface area contributed by atoms with Gasteiger partial charge in [0.15, 0.2) is 6.10 Å². The van der Waals surface area contributed by atoms with Crippen molar-refractivity contribution in [3.8, 4) is 0 Å². The second-order valence-electron chi connectivity index (χ2n) is 23.2. The molecule has 0 fully saturated rings. The summed E-state index contributed by atoms with van der Waals surface area (Å²) in [7, 11) is 0. The van der Waals surface area contributed by atoms with E-state index in [9.17, 15) is 14.7 Å². The second-order valence-corrected chi connectivity index (χ2v) is 23.2. The third-order valence-electron chi connectivity index (χ3n) is 14.5. The number of carbonyl (C=O) groups excluding carboxylic acids is 2. The molecule has 0 aliphatic rings. The Morgan fingerprint density at radius 1 is 0.245 bits per heavy atom. The molecule has 5 heteroatoms. The van der Waals surface area contributed by atoms with Crippen LogP contribution >= 0.6 is 0 Å². The van der Waals surface area contributed by atoms with E-state index in [0.717, 1.165) is 180 Å². The van der Waals surface area contributed by atoms with Crippen molar-refractivity contribution in [1.29, 1.82) is 0 Å². The van der Waals surface area contributed by atoms with Crippen molar-refractivity contribution in [2.24, 2.45) is 0 Å². The van der Waals surface area contributed by atoms with Crippen molar-refractivity contribution < 1.29 is 24.2 Å². The molecule has 0 aliphatic carbocycles. The van der Waals surface area contributed by atoms with E-state index in [0.29, 0.717) is 12.8 Å². The first-order valence-corrected chi connectivity index (χ1v) is 36.9. The molecule has 0 aliphatic heterocycles. The predicted molar refractivity (Wildman–Crippen MR) is 416 cm³/mol. The molecule has 0 aromatic carbocycles. The van der Waals surface area contributed by atoms with Crippen molar-refractivity contribution in [3.63, 3.8) is 0 Å². The highest BCUT2D eigenvalue weighted by Gasteiger charge is 2.16. The molecule has 0 radical (unpaired) electrons. The highest BCUT2D eigenvalue weighted by molar-refractivity contribution is 5.70. The molecule has 1 unspecified atom stereocenters. The monoisotopic (exact) mass is 1280 g/mol. The van der Waals surface area contributed by atoms with Crippen LogP contribution in [-0.2, 0) is 19.1 Å². The summed E-state index contributed by atoms with van der Waals surface area (Å²) in [5.41, 5.74) is 0. The summed E-state index contributed by atoms with van der Waals surface area (Å²) >= 11 is 0. The summed E-state index contributed by atoms with van der Waals surface area (Å²) in [5, 5.41) is 9.70. The van der Waals surface area contributed by atoms with E-state index < -0.39 is 6.10 Å². The van der Waals surface area contributed by atoms with Crippen molar-refractivity contribution in [1.82, 2.24) is 0 Å². The SMILES string of the molecule is CC/C=C\C/C=C\C/C=C\C/C=C\C/C=C\C/C=C\C/C=C\C/C=C\C/C=C\C/C=C\C/C=C\C/C=C\CCCCC(=O)OC(CO)COC(=O)CCCCCCCCCCCC/C=C\C/C=C\C/C=C\C/C=C\C/C=C\C/C=C\C/C=C\C/C=C\C/C=C\C/C=C\CC. The first kappa shape index (κ1) is 87.2. The van der Waals surface area contributed by atoms with Crippen LogP contribution in [0.2, 0.25) is 0 Å². The Kier molecular flexibility index (Phi) is 74.6. The molecule has 0 aromatic rings. The summed E-state index contributed by atoms with van der Waals surface area (Å²) in [6, 6.07) is 0. The first-order valence-electron chi connectivity index (χ1n) is 36.9. The maximum Gasteiger partial charge on any atom is 0.306 e. The van der Waals surface area contributed by atoms with E-state index >= 15 is 0 Å². The summed E-state index contributed by atoms with van der Waals surface area (Å²) in [6.45, 7) is 3.86. The Bertz CT molecular complexity index is 2400. The number of esters is 2. The lowest BCUT2D eigenvalue weighted by atomic mass is 10.1. The molecule has 0 spiro atoms. The van der Waals surface area contributed by atoms with Crippen LogP contribution in [0.15, 0.2) is 267 Å². The normalized spacial score (nSPS) is 13.9. The molecule has 518 valence electrons. The van der Waals surface area contributed by atoms with E-state index in [1.165, 1.54) is 44.9 Å². The van der Waals surface area contributed by atoms with Crippen LogP contribution in [0.3, 0.4) is 0 Å². The van der Waals surface area contributed by atoms with Gasteiger partial charge in [0.2, 0.25) is 0 Å². The van der Waals surface area contributed by atoms with Gasteiger partial charge in [-0.1, -0.05) is 333 Å². The van der Waals surface area contributed by atoms with Gasteiger partial charge in [-0.15, -0.1) is 0 Å². The van der Waals surface area contributed by atoms with Gasteiger partial charge in [-0.25, -0.2) is 0 Å². The number of hydrogen-bond donors (Lipinski definition) is 1. The molecule has 0 saturated heterocycles. The maximum absolute atomic E-state index is 12.4. The standard InChI is InChI=1S/C89H132O5/c1-3-5-7-9-11-13-15-17-19-21-23-25-27-29-31-33-35-37-39-41-43-44-46-47-49-51-53-55-57-59-61-63-65-67-69-71-73-75-77-79-81-83-88(91)93-86-87(85-90)94-89(92)84-82-80-78-76-74-72-70-68-66-64-62-60-58-56-54-52-50-48-45-42-40-38-36-34-32-30-28-26-24-22-20-18-16-14-12-10-8-6-4-2/h5-8,11-14,17-20,23-26,29-32,35-38,41-43,45-47,50-53,56-59,62,64,68,70,74,76,87,90H,3-4,9-10,15-16,21-22,27-28,33-34,39-40,44,48-49,54-55,60-61,63,65-67,69,71-73,75,77-86H2,1-2H3/b7-5-,8-6-,13-11-,14-12-,19-17-,20-18-,25-23-,26-24-,31-29-,32-30-,37-35-,38-36-,43-41-,45-42-,47-46-,52-50-,53-51-,58-56-,59-57-,64-62-,70-68-,76-74-. The van der Waals surface area contributed by atoms with E-state index in [-0.39, 0.29) is 31.6 Å². The molecule has 0 heterocycles. The zero-order chi connectivity index (χ0) is 67.5. The Morgan fingerprint density at radius 2 is 0.426 bits per heavy atom. The van der Waals surface area contributed by atoms with Gasteiger partial charge in [0.25, 0.3) is 0 Å². The summed E-state index contributed by atoms with van der Waals surface area (Å²) in [6.07, 6.45) is 135. The molecule has 0 amide bonds. The molecule has 0 saturated carbocycles. The molecular formula is C89H132O5. The number of ether oxygens (including phenoxy) is 2. The topological polar surface area (TPSA) is 72.8 Å². The lowest BCUT2D eigenvalue weighted by Crippen LogP contribution is -2.28. The first-order chi connectivity index (χ1) is 46.6. The summed E-state index contributed by atoms with van der Waals surface area (Å²) in [4.78, 5) is 24.7. The second kappa shape index (κ2) is 80.4. The van der Waals surface area contributed by atoms with Crippen LogP contribution < -0.4 is 0 Å². The molecule has 94 heavy (non-hydrogen) atoms. The fraction of sp³-hybridized carbons (Fsp3) is 0.483. The Hall–Kier alpha value is -6.82. The molecule has 1 N–H and O–H groups in total. The van der Waals surface area contributed by atoms with E-state index in [1.54, 1.807) is 0 Å². The fourth-order valence-corrected chi connectivity index (χ4v) is 9.09. The van der Waals surface area contributed by atoms with Gasteiger partial charge in [-0.2, -0.15) is 0 Å². The van der Waals surface area contributed by atoms with Gasteiger partial charge >= 0.3 is 11.9 Å². The predicted octanol–water partition coefficient (Wildman–Crippen LogP) is 26.5. The van der Waals surface area contributed by atoms with Crippen molar-refractivity contribution in [2.45, 2.75) is 264 Å². The minimum atomic E-state index is -0.820. The average molecular weight is 1280 g/mol. The van der Waals surface area contributed by atoms with Crippen LogP contribution in [0, 0.1) is 0 Å². The van der Waals surface area contributed by atoms with Crippen molar-refractivity contribution in [2.75, 3.05) is 13.2 Å². The van der Waals surface area contributed by atoms with Gasteiger partial charge in [-0.05, 0) is 180 Å². The van der Waals surface area contributed by atoms with E-state index in [2.05, 4.69) is 281 Å². The molecule has 0 rings (SSSR count). The maximum atomic E-state index is 12.4. The highest BCUT2D eigenvalue weighted by atomic mass is 16.6. The smallest absolute Gasteiger partial charge is 0.306 e. The van der Waals surface area contributed by atoms with Gasteiger partial charge in [0.05, 0.1) is 6.61 Å². The lowest BCUT2D eigenvalue weighted by Gasteiger charge is -2.15. The zero-order valence-corrected chi connectivity index (χ0v) is 59.3. The third-order valence-corrected chi connectivity index (χ3v) is 14.5. The molecular weight excluding hydrogens is 1150 g/mol. The Labute approximate surface area is 577 Å². The quantitative estimate of drug-likeness (QED) is 0.0373.